The first-order chi connectivity index (χ1) is 12.5. The van der Waals surface area contributed by atoms with Crippen molar-refractivity contribution in [3.63, 3.8) is 0 Å². The molecule has 0 spiro atoms. The van der Waals surface area contributed by atoms with Crippen LogP contribution in [0.25, 0.3) is 11.0 Å². The molecule has 3 aromatic rings. The highest BCUT2D eigenvalue weighted by Gasteiger charge is 2.39. The molecule has 1 aliphatic heterocycles. The van der Waals surface area contributed by atoms with Gasteiger partial charge in [-0.3, -0.25) is 0 Å². The molecule has 1 saturated heterocycles. The summed E-state index contributed by atoms with van der Waals surface area (Å²) in [6, 6.07) is 12.2. The van der Waals surface area contributed by atoms with Crippen LogP contribution in [0.5, 0.6) is 0 Å². The number of fused-ring (bicyclic) bond motifs is 1. The number of halogens is 3. The zero-order valence-electron chi connectivity index (χ0n) is 13.8. The minimum atomic E-state index is -4.55. The first-order valence-electron chi connectivity index (χ1n) is 8.27. The van der Waals surface area contributed by atoms with E-state index in [4.69, 9.17) is 0 Å². The third-order valence-electron chi connectivity index (χ3n) is 4.37. The molecule has 4 rings (SSSR count). The summed E-state index contributed by atoms with van der Waals surface area (Å²) in [6.45, 7) is 1.99. The van der Waals surface area contributed by atoms with Gasteiger partial charge in [-0.2, -0.15) is 13.2 Å². The molecule has 134 valence electrons. The Morgan fingerprint density at radius 3 is 2.00 bits per heavy atom. The van der Waals surface area contributed by atoms with Crippen LogP contribution in [0.1, 0.15) is 5.69 Å². The van der Waals surface area contributed by atoms with E-state index >= 15 is 0 Å². The average molecular weight is 359 g/mol. The van der Waals surface area contributed by atoms with Crippen LogP contribution >= 0.6 is 0 Å². The van der Waals surface area contributed by atoms with Crippen LogP contribution in [0.15, 0.2) is 48.7 Å². The molecule has 0 unspecified atom stereocenters. The third-order valence-corrected chi connectivity index (χ3v) is 4.37. The van der Waals surface area contributed by atoms with Crippen LogP contribution in [0.2, 0.25) is 0 Å². The number of hydrogen-bond donors (Lipinski definition) is 0. The highest BCUT2D eigenvalue weighted by Crippen LogP contribution is 2.35. The number of rotatable bonds is 2. The van der Waals surface area contributed by atoms with E-state index in [0.29, 0.717) is 31.7 Å². The maximum Gasteiger partial charge on any atom is 0.437 e. The van der Waals surface area contributed by atoms with Crippen LogP contribution in [0, 0.1) is 0 Å². The molecule has 0 N–H and O–H groups in total. The van der Waals surface area contributed by atoms with E-state index in [2.05, 4.69) is 19.9 Å². The van der Waals surface area contributed by atoms with Crippen LogP contribution in [-0.4, -0.2) is 41.1 Å². The second kappa shape index (κ2) is 6.44. The van der Waals surface area contributed by atoms with Gasteiger partial charge in [0, 0.05) is 32.4 Å². The third kappa shape index (κ3) is 3.14. The van der Waals surface area contributed by atoms with E-state index < -0.39 is 11.9 Å². The van der Waals surface area contributed by atoms with E-state index in [0.717, 1.165) is 5.82 Å². The monoisotopic (exact) mass is 359 g/mol. The largest absolute Gasteiger partial charge is 0.437 e. The summed E-state index contributed by atoms with van der Waals surface area (Å²) in [5, 5.41) is 0. The summed E-state index contributed by atoms with van der Waals surface area (Å²) in [7, 11) is 0. The smallest absolute Gasteiger partial charge is 0.353 e. The molecule has 0 atom stereocenters. The van der Waals surface area contributed by atoms with Gasteiger partial charge in [0.15, 0.2) is 11.5 Å². The predicted octanol–water partition coefficient (Wildman–Crippen LogP) is 3.37. The molecule has 1 aromatic carbocycles. The number of pyridine rings is 1. The summed E-state index contributed by atoms with van der Waals surface area (Å²) in [4.78, 5) is 16.1. The Morgan fingerprint density at radius 1 is 0.769 bits per heavy atom. The fraction of sp³-hybridized carbons (Fsp3) is 0.278. The quantitative estimate of drug-likeness (QED) is 0.702. The Kier molecular flexibility index (Phi) is 4.10. The van der Waals surface area contributed by atoms with Crippen molar-refractivity contribution in [3.05, 3.63) is 54.4 Å². The maximum absolute atomic E-state index is 13.5. The molecule has 26 heavy (non-hydrogen) atoms. The number of nitrogens with zero attached hydrogens (tertiary/aromatic N) is 5. The average Bonchev–Trinajstić information content (AvgIpc) is 2.67. The summed E-state index contributed by atoms with van der Waals surface area (Å²) >= 11 is 0. The second-order valence-corrected chi connectivity index (χ2v) is 6.04. The summed E-state index contributed by atoms with van der Waals surface area (Å²) < 4.78 is 40.6. The molecule has 0 aliphatic carbocycles. The van der Waals surface area contributed by atoms with Gasteiger partial charge in [0.1, 0.15) is 5.82 Å². The van der Waals surface area contributed by atoms with Crippen molar-refractivity contribution >= 4 is 22.7 Å². The van der Waals surface area contributed by atoms with Gasteiger partial charge in [0.05, 0.1) is 11.0 Å². The van der Waals surface area contributed by atoms with Crippen molar-refractivity contribution in [2.75, 3.05) is 36.0 Å². The van der Waals surface area contributed by atoms with Crippen molar-refractivity contribution in [2.24, 2.45) is 0 Å². The molecule has 0 bridgehead atoms. The van der Waals surface area contributed by atoms with Crippen LogP contribution in [0.3, 0.4) is 0 Å². The second-order valence-electron chi connectivity index (χ2n) is 6.04. The zero-order valence-corrected chi connectivity index (χ0v) is 13.8. The van der Waals surface area contributed by atoms with Crippen LogP contribution in [-0.2, 0) is 6.18 Å². The fourth-order valence-corrected chi connectivity index (χ4v) is 3.09. The summed E-state index contributed by atoms with van der Waals surface area (Å²) in [5.41, 5.74) is -0.221. The number of alkyl halides is 3. The Labute approximate surface area is 148 Å². The molecule has 2 aromatic heterocycles. The SMILES string of the molecule is FC(F)(F)c1nc2ccccc2nc1N1CCN(c2ccccn2)CC1. The Morgan fingerprint density at radius 2 is 1.38 bits per heavy atom. The lowest BCUT2D eigenvalue weighted by molar-refractivity contribution is -0.140. The van der Waals surface area contributed by atoms with Gasteiger partial charge >= 0.3 is 6.18 Å². The minimum Gasteiger partial charge on any atom is -0.353 e. The molecule has 0 amide bonds. The zero-order chi connectivity index (χ0) is 18.1. The van der Waals surface area contributed by atoms with Crippen molar-refractivity contribution in [2.45, 2.75) is 6.18 Å². The van der Waals surface area contributed by atoms with Gasteiger partial charge in [-0.15, -0.1) is 0 Å². The molecular formula is C18H16F3N5. The van der Waals surface area contributed by atoms with Crippen molar-refractivity contribution in [3.8, 4) is 0 Å². The molecule has 1 fully saturated rings. The van der Waals surface area contributed by atoms with Crippen molar-refractivity contribution in [1.82, 2.24) is 15.0 Å². The van der Waals surface area contributed by atoms with Gasteiger partial charge in [-0.1, -0.05) is 18.2 Å². The van der Waals surface area contributed by atoms with Gasteiger partial charge in [0.2, 0.25) is 0 Å². The van der Waals surface area contributed by atoms with Gasteiger partial charge in [-0.05, 0) is 24.3 Å². The van der Waals surface area contributed by atoms with Crippen LogP contribution in [0.4, 0.5) is 24.8 Å². The maximum atomic E-state index is 13.5. The number of hydrogen-bond acceptors (Lipinski definition) is 5. The Balaban J connectivity index is 1.64. The first kappa shape index (κ1) is 16.6. The number of para-hydroxylation sites is 2. The number of aromatic nitrogens is 3. The van der Waals surface area contributed by atoms with E-state index in [9.17, 15) is 13.2 Å². The molecule has 0 radical (unpaired) electrons. The molecule has 8 heteroatoms. The molecule has 0 saturated carbocycles. The van der Waals surface area contributed by atoms with Gasteiger partial charge < -0.3 is 9.80 Å². The fourth-order valence-electron chi connectivity index (χ4n) is 3.09. The summed E-state index contributed by atoms with van der Waals surface area (Å²) in [5.74, 6) is 0.727. The van der Waals surface area contributed by atoms with Crippen LogP contribution < -0.4 is 9.80 Å². The number of piperazine rings is 1. The standard InChI is InChI=1S/C18H16F3N5/c19-18(20,21)16-17(24-14-6-2-1-5-13(14)23-16)26-11-9-25(10-12-26)15-7-3-4-8-22-15/h1-8H,9-12H2. The molecular weight excluding hydrogens is 343 g/mol. The topological polar surface area (TPSA) is 45.2 Å². The van der Waals surface area contributed by atoms with E-state index in [1.807, 2.05) is 18.2 Å². The number of anilines is 2. The molecule has 1 aliphatic rings. The normalized spacial score (nSPS) is 15.5. The summed E-state index contributed by atoms with van der Waals surface area (Å²) in [6.07, 6.45) is -2.84. The van der Waals surface area contributed by atoms with E-state index in [1.165, 1.54) is 0 Å². The first-order valence-corrected chi connectivity index (χ1v) is 8.27. The predicted molar refractivity (Wildman–Crippen MR) is 93.2 cm³/mol. The van der Waals surface area contributed by atoms with Crippen molar-refractivity contribution < 1.29 is 13.2 Å². The lowest BCUT2D eigenvalue weighted by atomic mass is 10.2. The lowest BCUT2D eigenvalue weighted by Gasteiger charge is -2.36. The van der Waals surface area contributed by atoms with E-state index in [-0.39, 0.29) is 11.3 Å². The Hall–Kier alpha value is -2.90. The lowest BCUT2D eigenvalue weighted by Crippen LogP contribution is -2.47. The number of benzene rings is 1. The molecule has 3 heterocycles. The van der Waals surface area contributed by atoms with Crippen molar-refractivity contribution in [1.29, 1.82) is 0 Å². The molecule has 5 nitrogen and oxygen atoms in total. The van der Waals surface area contributed by atoms with Gasteiger partial charge in [-0.25, -0.2) is 15.0 Å². The Bertz CT molecular complexity index is 906. The minimum absolute atomic E-state index is 0.100. The van der Waals surface area contributed by atoms with E-state index in [1.54, 1.807) is 35.4 Å². The highest BCUT2D eigenvalue weighted by molar-refractivity contribution is 5.76. The van der Waals surface area contributed by atoms with Gasteiger partial charge in [0.25, 0.3) is 0 Å². The highest BCUT2D eigenvalue weighted by atomic mass is 19.4.